The maximum Gasteiger partial charge on any atom is 0.451 e. The molecular formula is C21H20Cl2F6N6O5S. The van der Waals surface area contributed by atoms with Crippen LogP contribution >= 0.6 is 23.2 Å². The average molecular weight is 653 g/mol. The Kier molecular flexibility index (Phi) is 12.8. The molecule has 20 heteroatoms. The van der Waals surface area contributed by atoms with Crippen LogP contribution in [0.5, 0.6) is 6.01 Å². The highest BCUT2D eigenvalue weighted by molar-refractivity contribution is 7.90. The second kappa shape index (κ2) is 14.8. The summed E-state index contributed by atoms with van der Waals surface area (Å²) >= 11 is 10.8. The molecule has 11 nitrogen and oxygen atoms in total. The van der Waals surface area contributed by atoms with Crippen LogP contribution in [0, 0.1) is 0 Å². The minimum atomic E-state index is -5.05. The van der Waals surface area contributed by atoms with E-state index in [1.165, 1.54) is 9.62 Å². The first-order valence-corrected chi connectivity index (χ1v) is 12.9. The summed E-state index contributed by atoms with van der Waals surface area (Å²) in [6.07, 6.45) is -6.89. The molecular weight excluding hydrogens is 633 g/mol. The molecule has 2 aromatic rings. The van der Waals surface area contributed by atoms with Crippen molar-refractivity contribution in [3.8, 4) is 6.01 Å². The number of nitrogens with one attached hydrogen (secondary N) is 2. The van der Waals surface area contributed by atoms with Crippen LogP contribution in [0.15, 0.2) is 54.5 Å². The number of amides is 3. The minimum absolute atomic E-state index is 0.321. The number of sulfonamides is 1. The lowest BCUT2D eigenvalue weighted by Crippen LogP contribution is -2.36. The van der Waals surface area contributed by atoms with Gasteiger partial charge in [-0.05, 0) is 12.1 Å². The van der Waals surface area contributed by atoms with Crippen molar-refractivity contribution in [2.45, 2.75) is 22.1 Å². The van der Waals surface area contributed by atoms with E-state index in [0.29, 0.717) is 25.2 Å². The summed E-state index contributed by atoms with van der Waals surface area (Å²) in [5, 5.41) is 1.56. The minimum Gasteiger partial charge on any atom is -0.467 e. The van der Waals surface area contributed by atoms with Crippen LogP contribution in [0.25, 0.3) is 0 Å². The molecule has 0 fully saturated rings. The number of methoxy groups -OCH3 is 1. The number of urea groups is 1. The van der Waals surface area contributed by atoms with Gasteiger partial charge in [-0.1, -0.05) is 47.5 Å². The van der Waals surface area contributed by atoms with Crippen molar-refractivity contribution in [3.63, 3.8) is 0 Å². The van der Waals surface area contributed by atoms with Gasteiger partial charge in [-0.25, -0.2) is 17.9 Å². The van der Waals surface area contributed by atoms with E-state index in [2.05, 4.69) is 32.8 Å². The summed E-state index contributed by atoms with van der Waals surface area (Å²) in [5.74, 6) is -3.14. The van der Waals surface area contributed by atoms with E-state index in [0.717, 1.165) is 19.2 Å². The van der Waals surface area contributed by atoms with Crippen LogP contribution in [-0.2, 0) is 27.2 Å². The number of rotatable bonds is 9. The van der Waals surface area contributed by atoms with Gasteiger partial charge in [-0.2, -0.15) is 41.3 Å². The molecule has 0 spiro atoms. The number of alkyl halides is 8. The first kappa shape index (κ1) is 35.4. The van der Waals surface area contributed by atoms with Gasteiger partial charge >= 0.3 is 24.4 Å². The maximum absolute atomic E-state index is 13.0. The number of benzene rings is 1. The number of carbonyl (C=O) groups is 2. The van der Waals surface area contributed by atoms with E-state index in [-0.39, 0.29) is 5.91 Å². The average Bonchev–Trinajstić information content (AvgIpc) is 2.86. The van der Waals surface area contributed by atoms with Crippen molar-refractivity contribution < 1.29 is 49.1 Å². The predicted octanol–water partition coefficient (Wildman–Crippen LogP) is 4.42. The number of hydrogen-bond donors (Lipinski definition) is 2. The second-order valence-electron chi connectivity index (χ2n) is 7.14. The van der Waals surface area contributed by atoms with Gasteiger partial charge in [-0.15, -0.1) is 13.2 Å². The Bertz CT molecular complexity index is 1350. The van der Waals surface area contributed by atoms with Crippen molar-refractivity contribution in [2.24, 2.45) is 0 Å². The van der Waals surface area contributed by atoms with Crippen LogP contribution in [-0.4, -0.2) is 65.2 Å². The molecule has 0 radical (unpaired) electrons. The highest BCUT2D eigenvalue weighted by atomic mass is 35.5. The Labute approximate surface area is 239 Å². The van der Waals surface area contributed by atoms with Crippen molar-refractivity contribution in [1.82, 2.24) is 24.6 Å². The quantitative estimate of drug-likeness (QED) is 0.230. The Morgan fingerprint density at radius 3 is 2.05 bits per heavy atom. The lowest BCUT2D eigenvalue weighted by Gasteiger charge is -2.19. The first-order valence-electron chi connectivity index (χ1n) is 10.5. The van der Waals surface area contributed by atoms with Crippen LogP contribution in [0.1, 0.15) is 11.4 Å². The van der Waals surface area contributed by atoms with Crippen molar-refractivity contribution >= 4 is 51.1 Å². The highest BCUT2D eigenvalue weighted by Crippen LogP contribution is 2.34. The van der Waals surface area contributed by atoms with Crippen molar-refractivity contribution in [2.75, 3.05) is 25.5 Å². The third-order valence-electron chi connectivity index (χ3n) is 4.18. The fourth-order valence-electron chi connectivity index (χ4n) is 2.57. The van der Waals surface area contributed by atoms with Gasteiger partial charge in [-0.3, -0.25) is 10.1 Å². The predicted molar refractivity (Wildman–Crippen MR) is 135 cm³/mol. The summed E-state index contributed by atoms with van der Waals surface area (Å²) in [4.78, 5) is 31.2. The number of aromatic nitrogens is 3. The summed E-state index contributed by atoms with van der Waals surface area (Å²) in [5.41, 5.74) is -1.55. The van der Waals surface area contributed by atoms with Gasteiger partial charge in [0.05, 0.1) is 17.6 Å². The van der Waals surface area contributed by atoms with E-state index in [4.69, 9.17) is 23.2 Å². The largest absolute Gasteiger partial charge is 0.467 e. The first-order chi connectivity index (χ1) is 18.9. The summed E-state index contributed by atoms with van der Waals surface area (Å²) in [6.45, 7) is 7.88. The SMILES string of the molecule is C=CCN(CC=C)C(=O)C(Cl)Cl.COc1nc(NC(=O)NS(=O)(=O)c2ccccc2C(F)(F)F)nc(C(F)(F)F)n1. The zero-order valence-corrected chi connectivity index (χ0v) is 23.0. The van der Waals surface area contributed by atoms with Gasteiger partial charge in [0.15, 0.2) is 4.84 Å². The van der Waals surface area contributed by atoms with Crippen molar-refractivity contribution in [1.29, 1.82) is 0 Å². The molecule has 0 aliphatic rings. The molecule has 0 aliphatic heterocycles. The van der Waals surface area contributed by atoms with Crippen molar-refractivity contribution in [3.05, 3.63) is 61.0 Å². The lowest BCUT2D eigenvalue weighted by atomic mass is 10.2. The van der Waals surface area contributed by atoms with Gasteiger partial charge in [0.2, 0.25) is 11.8 Å². The van der Waals surface area contributed by atoms with Gasteiger partial charge in [0.1, 0.15) is 0 Å². The van der Waals surface area contributed by atoms with E-state index in [9.17, 15) is 44.3 Å². The molecule has 3 amide bonds. The highest BCUT2D eigenvalue weighted by Gasteiger charge is 2.38. The Hall–Kier alpha value is -3.64. The summed E-state index contributed by atoms with van der Waals surface area (Å²) in [7, 11) is -4.14. The maximum atomic E-state index is 13.0. The Morgan fingerprint density at radius 2 is 1.59 bits per heavy atom. The Balaban J connectivity index is 0.000000590. The summed E-state index contributed by atoms with van der Waals surface area (Å²) in [6, 6.07) is 0.396. The van der Waals surface area contributed by atoms with E-state index >= 15 is 0 Å². The molecule has 1 aromatic carbocycles. The Morgan fingerprint density at radius 1 is 1.02 bits per heavy atom. The molecule has 1 aromatic heterocycles. The van der Waals surface area contributed by atoms with Crippen LogP contribution in [0.3, 0.4) is 0 Å². The van der Waals surface area contributed by atoms with E-state index < -0.39 is 61.5 Å². The molecule has 0 aliphatic carbocycles. The molecule has 1 heterocycles. The smallest absolute Gasteiger partial charge is 0.451 e. The monoisotopic (exact) mass is 652 g/mol. The molecule has 0 atom stereocenters. The fraction of sp³-hybridized carbons (Fsp3) is 0.286. The molecule has 2 rings (SSSR count). The molecule has 0 saturated carbocycles. The summed E-state index contributed by atoms with van der Waals surface area (Å²) < 4.78 is 107. The van der Waals surface area contributed by atoms with Gasteiger partial charge in [0.25, 0.3) is 15.9 Å². The normalized spacial score (nSPS) is 11.6. The molecule has 2 N–H and O–H groups in total. The zero-order valence-electron chi connectivity index (χ0n) is 20.6. The van der Waals surface area contributed by atoms with Gasteiger partial charge < -0.3 is 9.64 Å². The number of carbonyl (C=O) groups excluding carboxylic acids is 2. The third-order valence-corrected chi connectivity index (χ3v) is 5.95. The number of hydrogen-bond acceptors (Lipinski definition) is 8. The number of nitrogens with zero attached hydrogens (tertiary/aromatic N) is 4. The molecule has 41 heavy (non-hydrogen) atoms. The standard InChI is InChI=1S/C13H9F6N5O4S.C8H11Cl2NO/c1-28-11-21-8(13(17,18)19)20-9(23-11)22-10(25)24-29(26,27)7-5-3-2-4-6(7)12(14,15)16;1-3-5-11(6-4-2)8(12)7(9)10/h2-5H,1H3,(H2,20,21,22,23,24,25);3-4,7H,1-2,5-6H2. The van der Waals surface area contributed by atoms with Crippen LogP contribution in [0.4, 0.5) is 37.1 Å². The van der Waals surface area contributed by atoms with Gasteiger partial charge in [0, 0.05) is 13.1 Å². The van der Waals surface area contributed by atoms with E-state index in [1.807, 2.05) is 0 Å². The van der Waals surface area contributed by atoms with E-state index in [1.54, 1.807) is 17.5 Å². The fourth-order valence-corrected chi connectivity index (χ4v) is 3.99. The van der Waals surface area contributed by atoms with Crippen LogP contribution in [0.2, 0.25) is 0 Å². The second-order valence-corrected chi connectivity index (χ2v) is 9.89. The molecule has 0 bridgehead atoms. The number of anilines is 1. The third kappa shape index (κ3) is 11.0. The number of halogens is 8. The molecule has 0 unspecified atom stereocenters. The molecule has 0 saturated heterocycles. The lowest BCUT2D eigenvalue weighted by molar-refractivity contribution is -0.145. The molecule has 226 valence electrons. The zero-order chi connectivity index (χ0) is 31.6. The van der Waals surface area contributed by atoms with Crippen LogP contribution < -0.4 is 14.8 Å². The topological polar surface area (TPSA) is 143 Å². The number of ether oxygens (including phenoxy) is 1.